The Morgan fingerprint density at radius 1 is 1.27 bits per heavy atom. The SMILES string of the molecule is CCc1cccc2sc(N(CCCn3ccnc3)C(=O)C=Cc3cccs3)nc12.Cl. The number of imidazole rings is 1. The first-order valence-electron chi connectivity index (χ1n) is 9.62. The molecule has 0 spiro atoms. The summed E-state index contributed by atoms with van der Waals surface area (Å²) < 4.78 is 3.14. The number of aromatic nitrogens is 3. The number of nitrogens with zero attached hydrogens (tertiary/aromatic N) is 4. The molecule has 0 aliphatic heterocycles. The van der Waals surface area contributed by atoms with Crippen LogP contribution in [0.3, 0.4) is 0 Å². The van der Waals surface area contributed by atoms with E-state index < -0.39 is 0 Å². The van der Waals surface area contributed by atoms with Gasteiger partial charge in [0.25, 0.3) is 5.91 Å². The number of carbonyl (C=O) groups is 1. The van der Waals surface area contributed by atoms with Crippen LogP contribution in [0.15, 0.2) is 60.5 Å². The summed E-state index contributed by atoms with van der Waals surface area (Å²) in [6, 6.07) is 10.2. The molecule has 0 fully saturated rings. The number of benzene rings is 1. The number of para-hydroxylation sites is 1. The summed E-state index contributed by atoms with van der Waals surface area (Å²) in [7, 11) is 0. The molecule has 0 aliphatic rings. The van der Waals surface area contributed by atoms with Gasteiger partial charge in [-0.25, -0.2) is 9.97 Å². The van der Waals surface area contributed by atoms with Crippen molar-refractivity contribution in [3.8, 4) is 0 Å². The lowest BCUT2D eigenvalue weighted by atomic mass is 10.1. The summed E-state index contributed by atoms with van der Waals surface area (Å²) in [6.07, 6.45) is 10.8. The minimum atomic E-state index is -0.0406. The van der Waals surface area contributed by atoms with Crippen LogP contribution in [0, 0.1) is 0 Å². The van der Waals surface area contributed by atoms with E-state index in [0.717, 1.165) is 39.6 Å². The second kappa shape index (κ2) is 10.5. The Morgan fingerprint density at radius 2 is 2.17 bits per heavy atom. The number of thiophene rings is 1. The number of anilines is 1. The quantitative estimate of drug-likeness (QED) is 0.319. The molecule has 4 aromatic rings. The number of halogens is 1. The monoisotopic (exact) mass is 458 g/mol. The van der Waals surface area contributed by atoms with Crippen molar-refractivity contribution in [3.05, 3.63) is 70.9 Å². The molecule has 1 aromatic carbocycles. The Bertz CT molecular complexity index is 1100. The summed E-state index contributed by atoms with van der Waals surface area (Å²) >= 11 is 3.19. The molecule has 8 heteroatoms. The van der Waals surface area contributed by atoms with Crippen LogP contribution in [-0.4, -0.2) is 27.0 Å². The number of fused-ring (bicyclic) bond motifs is 1. The Labute approximate surface area is 190 Å². The van der Waals surface area contributed by atoms with Gasteiger partial charge in [0.05, 0.1) is 16.5 Å². The highest BCUT2D eigenvalue weighted by Crippen LogP contribution is 2.31. The summed E-state index contributed by atoms with van der Waals surface area (Å²) in [6.45, 7) is 3.54. The van der Waals surface area contributed by atoms with Crippen LogP contribution in [0.2, 0.25) is 0 Å². The zero-order chi connectivity index (χ0) is 20.1. The molecule has 0 unspecified atom stereocenters. The molecule has 0 bridgehead atoms. The maximum atomic E-state index is 13.1. The first-order chi connectivity index (χ1) is 14.2. The highest BCUT2D eigenvalue weighted by molar-refractivity contribution is 7.22. The van der Waals surface area contributed by atoms with Gasteiger partial charge < -0.3 is 4.57 Å². The van der Waals surface area contributed by atoms with Gasteiger partial charge in [-0.15, -0.1) is 23.7 Å². The van der Waals surface area contributed by atoms with Crippen LogP contribution >= 0.6 is 35.1 Å². The van der Waals surface area contributed by atoms with Gasteiger partial charge in [0.15, 0.2) is 5.13 Å². The molecule has 30 heavy (non-hydrogen) atoms. The summed E-state index contributed by atoms with van der Waals surface area (Å²) in [5.41, 5.74) is 2.22. The highest BCUT2D eigenvalue weighted by Gasteiger charge is 2.18. The lowest BCUT2D eigenvalue weighted by Gasteiger charge is -2.18. The van der Waals surface area contributed by atoms with Crippen LogP contribution in [-0.2, 0) is 17.8 Å². The van der Waals surface area contributed by atoms with Crippen molar-refractivity contribution < 1.29 is 4.79 Å². The van der Waals surface area contributed by atoms with E-state index in [1.165, 1.54) is 5.56 Å². The lowest BCUT2D eigenvalue weighted by molar-refractivity contribution is -0.114. The molecule has 0 radical (unpaired) electrons. The van der Waals surface area contributed by atoms with E-state index in [1.54, 1.807) is 46.2 Å². The first-order valence-corrected chi connectivity index (χ1v) is 11.3. The third-order valence-electron chi connectivity index (χ3n) is 4.66. The van der Waals surface area contributed by atoms with E-state index in [4.69, 9.17) is 4.98 Å². The zero-order valence-electron chi connectivity index (χ0n) is 16.6. The third kappa shape index (κ3) is 5.16. The molecule has 3 heterocycles. The number of amides is 1. The predicted octanol–water partition coefficient (Wildman–Crippen LogP) is 5.68. The van der Waals surface area contributed by atoms with E-state index in [-0.39, 0.29) is 18.3 Å². The molecule has 156 valence electrons. The topological polar surface area (TPSA) is 51.0 Å². The molecular weight excluding hydrogens is 436 g/mol. The molecule has 0 saturated heterocycles. The predicted molar refractivity (Wildman–Crippen MR) is 129 cm³/mol. The Hall–Kier alpha value is -2.48. The zero-order valence-corrected chi connectivity index (χ0v) is 19.1. The van der Waals surface area contributed by atoms with Gasteiger partial charge in [-0.2, -0.15) is 0 Å². The molecule has 3 aromatic heterocycles. The van der Waals surface area contributed by atoms with Crippen molar-refractivity contribution in [1.29, 1.82) is 0 Å². The fourth-order valence-corrected chi connectivity index (χ4v) is 4.82. The Morgan fingerprint density at radius 3 is 2.90 bits per heavy atom. The van der Waals surface area contributed by atoms with E-state index in [0.29, 0.717) is 6.54 Å². The van der Waals surface area contributed by atoms with Crippen molar-refractivity contribution in [2.24, 2.45) is 0 Å². The van der Waals surface area contributed by atoms with Crippen molar-refractivity contribution in [2.75, 3.05) is 11.4 Å². The summed E-state index contributed by atoms with van der Waals surface area (Å²) in [5, 5.41) is 2.76. The number of aryl methyl sites for hydroxylation is 2. The van der Waals surface area contributed by atoms with Gasteiger partial charge in [0.1, 0.15) is 0 Å². The normalized spacial score (nSPS) is 11.1. The molecule has 0 saturated carbocycles. The van der Waals surface area contributed by atoms with Crippen LogP contribution in [0.1, 0.15) is 23.8 Å². The van der Waals surface area contributed by atoms with Gasteiger partial charge in [-0.3, -0.25) is 9.69 Å². The van der Waals surface area contributed by atoms with Crippen molar-refractivity contribution in [1.82, 2.24) is 14.5 Å². The van der Waals surface area contributed by atoms with E-state index >= 15 is 0 Å². The van der Waals surface area contributed by atoms with Gasteiger partial charge in [-0.1, -0.05) is 36.5 Å². The molecule has 5 nitrogen and oxygen atoms in total. The number of rotatable bonds is 8. The van der Waals surface area contributed by atoms with Gasteiger partial charge in [-0.05, 0) is 42.0 Å². The highest BCUT2D eigenvalue weighted by atomic mass is 35.5. The maximum Gasteiger partial charge on any atom is 0.252 e. The maximum absolute atomic E-state index is 13.1. The van der Waals surface area contributed by atoms with E-state index in [1.807, 2.05) is 34.4 Å². The average Bonchev–Trinajstić information content (AvgIpc) is 3.50. The first kappa shape index (κ1) is 22.2. The molecule has 0 N–H and O–H groups in total. The van der Waals surface area contributed by atoms with Gasteiger partial charge >= 0.3 is 0 Å². The molecule has 0 aliphatic carbocycles. The van der Waals surface area contributed by atoms with Crippen molar-refractivity contribution >= 4 is 62.4 Å². The minimum absolute atomic E-state index is 0. The van der Waals surface area contributed by atoms with E-state index in [2.05, 4.69) is 30.1 Å². The lowest BCUT2D eigenvalue weighted by Crippen LogP contribution is -2.30. The van der Waals surface area contributed by atoms with Crippen LogP contribution < -0.4 is 4.90 Å². The number of hydrogen-bond acceptors (Lipinski definition) is 5. The average molecular weight is 459 g/mol. The fraction of sp³-hybridized carbons (Fsp3) is 0.227. The third-order valence-corrected chi connectivity index (χ3v) is 6.54. The van der Waals surface area contributed by atoms with E-state index in [9.17, 15) is 4.79 Å². The largest absolute Gasteiger partial charge is 0.337 e. The molecule has 0 atom stereocenters. The number of hydrogen-bond donors (Lipinski definition) is 0. The van der Waals surface area contributed by atoms with Crippen LogP contribution in [0.5, 0.6) is 0 Å². The van der Waals surface area contributed by atoms with Crippen LogP contribution in [0.4, 0.5) is 5.13 Å². The summed E-state index contributed by atoms with van der Waals surface area (Å²) in [5.74, 6) is -0.0406. The Kier molecular flexibility index (Phi) is 7.79. The van der Waals surface area contributed by atoms with Gasteiger partial charge in [0, 0.05) is 36.4 Å². The van der Waals surface area contributed by atoms with Crippen molar-refractivity contribution in [3.63, 3.8) is 0 Å². The Balaban J connectivity index is 0.00000256. The smallest absolute Gasteiger partial charge is 0.252 e. The number of thiazole rings is 1. The number of carbonyl (C=O) groups excluding carboxylic acids is 1. The molecule has 1 amide bonds. The standard InChI is InChI=1S/C22H22N4OS2.ClH/c1-2-17-6-3-8-19-21(17)24-22(29-19)26(13-5-12-25-14-11-23-16-25)20(27)10-9-18-7-4-15-28-18;/h3-4,6-11,14-16H,2,5,12-13H2,1H3;1H. The van der Waals surface area contributed by atoms with Crippen molar-refractivity contribution in [2.45, 2.75) is 26.3 Å². The minimum Gasteiger partial charge on any atom is -0.337 e. The molecular formula is C22H23ClN4OS2. The summed E-state index contributed by atoms with van der Waals surface area (Å²) in [4.78, 5) is 24.8. The van der Waals surface area contributed by atoms with Gasteiger partial charge in [0.2, 0.25) is 0 Å². The fourth-order valence-electron chi connectivity index (χ4n) is 3.15. The van der Waals surface area contributed by atoms with Crippen LogP contribution in [0.25, 0.3) is 16.3 Å². The second-order valence-corrected chi connectivity index (χ2v) is 8.59. The second-order valence-electron chi connectivity index (χ2n) is 6.61. The molecule has 4 rings (SSSR count).